The van der Waals surface area contributed by atoms with Gasteiger partial charge in [-0.2, -0.15) is 0 Å². The molecule has 174 valence electrons. The molecule has 3 aromatic carbocycles. The van der Waals surface area contributed by atoms with Crippen molar-refractivity contribution in [3.63, 3.8) is 0 Å². The molecular weight excluding hydrogens is 432 g/mol. The fourth-order valence-corrected chi connectivity index (χ4v) is 3.89. The summed E-state index contributed by atoms with van der Waals surface area (Å²) in [4.78, 5) is 28.6. The van der Waals surface area contributed by atoms with Crippen molar-refractivity contribution >= 4 is 28.8 Å². The number of hydrogen-bond donors (Lipinski definition) is 1. The Kier molecular flexibility index (Phi) is 6.27. The second-order valence-electron chi connectivity index (χ2n) is 7.87. The number of carbonyl (C=O) groups is 2. The van der Waals surface area contributed by atoms with E-state index in [0.717, 1.165) is 11.1 Å². The zero-order valence-corrected chi connectivity index (χ0v) is 19.8. The van der Waals surface area contributed by atoms with Crippen molar-refractivity contribution in [3.8, 4) is 17.2 Å². The fourth-order valence-electron chi connectivity index (χ4n) is 3.89. The molecule has 0 saturated carbocycles. The lowest BCUT2D eigenvalue weighted by atomic mass is 10.0. The number of carbonyl (C=O) groups excluding carboxylic acids is 2. The van der Waals surface area contributed by atoms with Gasteiger partial charge in [-0.1, -0.05) is 24.3 Å². The van der Waals surface area contributed by atoms with Crippen LogP contribution in [0.25, 0.3) is 5.57 Å². The van der Waals surface area contributed by atoms with Crippen LogP contribution >= 0.6 is 0 Å². The van der Waals surface area contributed by atoms with E-state index >= 15 is 0 Å². The molecule has 1 aliphatic rings. The molecule has 0 aromatic heterocycles. The third-order valence-electron chi connectivity index (χ3n) is 5.90. The smallest absolute Gasteiger partial charge is 0.282 e. The van der Waals surface area contributed by atoms with Crippen LogP contribution in [0.3, 0.4) is 0 Å². The molecule has 0 radical (unpaired) electrons. The number of imide groups is 1. The van der Waals surface area contributed by atoms with Gasteiger partial charge in [0.1, 0.15) is 22.9 Å². The van der Waals surface area contributed by atoms with Gasteiger partial charge in [-0.25, -0.2) is 4.90 Å². The van der Waals surface area contributed by atoms with Gasteiger partial charge in [0.15, 0.2) is 0 Å². The topological polar surface area (TPSA) is 77.1 Å². The Morgan fingerprint density at radius 2 is 1.35 bits per heavy atom. The predicted octanol–water partition coefficient (Wildman–Crippen LogP) is 4.73. The molecule has 1 aliphatic heterocycles. The first-order valence-electron chi connectivity index (χ1n) is 10.7. The number of nitrogens with one attached hydrogen (secondary N) is 1. The van der Waals surface area contributed by atoms with Gasteiger partial charge in [-0.3, -0.25) is 9.59 Å². The highest BCUT2D eigenvalue weighted by atomic mass is 16.5. The van der Waals surface area contributed by atoms with Crippen molar-refractivity contribution in [2.24, 2.45) is 0 Å². The molecular formula is C27H26N2O5. The number of hydrogen-bond acceptors (Lipinski definition) is 6. The molecule has 0 fully saturated rings. The average Bonchev–Trinajstić information content (AvgIpc) is 3.09. The van der Waals surface area contributed by atoms with Gasteiger partial charge in [0.25, 0.3) is 11.8 Å². The van der Waals surface area contributed by atoms with Crippen molar-refractivity contribution in [1.29, 1.82) is 0 Å². The second kappa shape index (κ2) is 9.31. The first-order chi connectivity index (χ1) is 16.4. The van der Waals surface area contributed by atoms with Crippen molar-refractivity contribution in [3.05, 3.63) is 83.1 Å². The van der Waals surface area contributed by atoms with Gasteiger partial charge in [0.05, 0.1) is 32.6 Å². The van der Waals surface area contributed by atoms with E-state index in [1.807, 2.05) is 26.0 Å². The van der Waals surface area contributed by atoms with Crippen LogP contribution in [0.1, 0.15) is 16.7 Å². The van der Waals surface area contributed by atoms with Crippen LogP contribution in [0.2, 0.25) is 0 Å². The number of amides is 2. The lowest BCUT2D eigenvalue weighted by molar-refractivity contribution is -0.120. The normalized spacial score (nSPS) is 13.4. The lowest BCUT2D eigenvalue weighted by Crippen LogP contribution is -2.33. The second-order valence-corrected chi connectivity index (χ2v) is 7.87. The summed E-state index contributed by atoms with van der Waals surface area (Å²) in [6.45, 7) is 3.85. The van der Waals surface area contributed by atoms with Crippen molar-refractivity contribution in [2.75, 3.05) is 31.5 Å². The van der Waals surface area contributed by atoms with E-state index in [-0.39, 0.29) is 11.3 Å². The highest BCUT2D eigenvalue weighted by Gasteiger charge is 2.41. The molecule has 4 rings (SSSR count). The number of ether oxygens (including phenoxy) is 3. The third kappa shape index (κ3) is 4.08. The molecule has 0 saturated heterocycles. The Morgan fingerprint density at radius 1 is 0.735 bits per heavy atom. The van der Waals surface area contributed by atoms with Crippen LogP contribution in [0.5, 0.6) is 17.2 Å². The molecule has 0 aliphatic carbocycles. The Balaban J connectivity index is 1.85. The van der Waals surface area contributed by atoms with Gasteiger partial charge in [0.2, 0.25) is 0 Å². The Bertz CT molecular complexity index is 1270. The molecule has 7 heteroatoms. The predicted molar refractivity (Wildman–Crippen MR) is 131 cm³/mol. The quantitative estimate of drug-likeness (QED) is 0.516. The first-order valence-corrected chi connectivity index (χ1v) is 10.7. The van der Waals surface area contributed by atoms with E-state index in [0.29, 0.717) is 34.2 Å². The van der Waals surface area contributed by atoms with E-state index in [9.17, 15) is 9.59 Å². The van der Waals surface area contributed by atoms with Crippen LogP contribution in [-0.4, -0.2) is 33.1 Å². The van der Waals surface area contributed by atoms with Gasteiger partial charge >= 0.3 is 0 Å². The number of rotatable bonds is 7. The van der Waals surface area contributed by atoms with Gasteiger partial charge in [-0.05, 0) is 48.7 Å². The fraction of sp³-hybridized carbons (Fsp3) is 0.185. The third-order valence-corrected chi connectivity index (χ3v) is 5.90. The van der Waals surface area contributed by atoms with Crippen LogP contribution in [0, 0.1) is 13.8 Å². The van der Waals surface area contributed by atoms with E-state index in [4.69, 9.17) is 14.2 Å². The van der Waals surface area contributed by atoms with Gasteiger partial charge in [0, 0.05) is 23.9 Å². The summed E-state index contributed by atoms with van der Waals surface area (Å²) in [5.74, 6) is 0.917. The van der Waals surface area contributed by atoms with Crippen molar-refractivity contribution in [1.82, 2.24) is 0 Å². The Labute approximate surface area is 198 Å². The minimum atomic E-state index is -0.439. The number of nitrogens with zero attached hydrogens (tertiary/aromatic N) is 1. The summed E-state index contributed by atoms with van der Waals surface area (Å²) < 4.78 is 16.0. The average molecular weight is 459 g/mol. The van der Waals surface area contributed by atoms with Gasteiger partial charge in [-0.15, -0.1) is 0 Å². The van der Waals surface area contributed by atoms with Crippen LogP contribution in [0.15, 0.2) is 66.4 Å². The van der Waals surface area contributed by atoms with E-state index < -0.39 is 11.8 Å². The molecule has 1 heterocycles. The molecule has 34 heavy (non-hydrogen) atoms. The maximum Gasteiger partial charge on any atom is 0.282 e. The van der Waals surface area contributed by atoms with Crippen LogP contribution in [0.4, 0.5) is 11.4 Å². The minimum absolute atomic E-state index is 0.173. The van der Waals surface area contributed by atoms with Crippen LogP contribution in [-0.2, 0) is 9.59 Å². The van der Waals surface area contributed by atoms with Crippen LogP contribution < -0.4 is 24.4 Å². The summed E-state index contributed by atoms with van der Waals surface area (Å²) in [5, 5.41) is 3.16. The molecule has 0 unspecified atom stereocenters. The molecule has 0 bridgehead atoms. The van der Waals surface area contributed by atoms with Crippen molar-refractivity contribution in [2.45, 2.75) is 13.8 Å². The molecule has 2 amide bonds. The van der Waals surface area contributed by atoms with Gasteiger partial charge < -0.3 is 19.5 Å². The molecule has 7 nitrogen and oxygen atoms in total. The largest absolute Gasteiger partial charge is 0.497 e. The number of anilines is 2. The van der Waals surface area contributed by atoms with Crippen molar-refractivity contribution < 1.29 is 23.8 Å². The maximum atomic E-state index is 13.7. The zero-order chi connectivity index (χ0) is 24.4. The summed E-state index contributed by atoms with van der Waals surface area (Å²) in [6, 6.07) is 17.8. The number of benzene rings is 3. The summed E-state index contributed by atoms with van der Waals surface area (Å²) in [6.07, 6.45) is 0. The Hall–Kier alpha value is -4.26. The lowest BCUT2D eigenvalue weighted by Gasteiger charge is -2.19. The molecule has 3 aromatic rings. The molecule has 0 spiro atoms. The number of methoxy groups -OCH3 is 3. The highest BCUT2D eigenvalue weighted by molar-refractivity contribution is 6.46. The van der Waals surface area contributed by atoms with E-state index in [1.54, 1.807) is 69.9 Å². The molecule has 1 N–H and O–H groups in total. The monoisotopic (exact) mass is 458 g/mol. The summed E-state index contributed by atoms with van der Waals surface area (Å²) in [5.41, 5.74) is 4.01. The zero-order valence-electron chi connectivity index (χ0n) is 19.8. The molecule has 0 atom stereocenters. The highest BCUT2D eigenvalue weighted by Crippen LogP contribution is 2.37. The summed E-state index contributed by atoms with van der Waals surface area (Å²) in [7, 11) is 4.67. The SMILES string of the molecule is COc1ccc(C2=C(Nc3cc(OC)cc(OC)c3)C(=O)N(c3cccc(C)c3C)C2=O)cc1. The number of aryl methyl sites for hydroxylation is 1. The van der Waals surface area contributed by atoms with E-state index in [1.165, 1.54) is 4.90 Å². The standard InChI is InChI=1S/C27H26N2O5/c1-16-7-6-8-23(17(16)2)29-26(30)24(18-9-11-20(32-3)12-10-18)25(27(29)31)28-19-13-21(33-4)15-22(14-19)34-5/h6-15,28H,1-5H3. The first kappa shape index (κ1) is 22.9. The minimum Gasteiger partial charge on any atom is -0.497 e. The van der Waals surface area contributed by atoms with E-state index in [2.05, 4.69) is 5.32 Å². The Morgan fingerprint density at radius 3 is 1.94 bits per heavy atom. The maximum absolute atomic E-state index is 13.7. The summed E-state index contributed by atoms with van der Waals surface area (Å²) >= 11 is 0.